The summed E-state index contributed by atoms with van der Waals surface area (Å²) in [5.74, 6) is -0.392. The Morgan fingerprint density at radius 3 is 1.45 bits per heavy atom. The Morgan fingerprint density at radius 1 is 0.597 bits per heavy atom. The Bertz CT molecular complexity index is 3040. The summed E-state index contributed by atoms with van der Waals surface area (Å²) in [6.07, 6.45) is 6.98. The first-order valence-electron chi connectivity index (χ1n) is 19.0. The maximum atomic E-state index is 13.1. The van der Waals surface area contributed by atoms with E-state index < -0.39 is 0 Å². The number of benzene rings is 4. The maximum Gasteiger partial charge on any atom is 1.00 e. The van der Waals surface area contributed by atoms with Crippen molar-refractivity contribution in [3.63, 3.8) is 0 Å². The van der Waals surface area contributed by atoms with E-state index in [0.717, 1.165) is 43.6 Å². The van der Waals surface area contributed by atoms with Crippen LogP contribution in [0.3, 0.4) is 0 Å². The van der Waals surface area contributed by atoms with Gasteiger partial charge in [-0.05, 0) is 115 Å². The van der Waals surface area contributed by atoms with Gasteiger partial charge in [-0.1, -0.05) is 60.1 Å². The molecule has 0 atom stereocenters. The van der Waals surface area contributed by atoms with Crippen molar-refractivity contribution in [3.8, 4) is 22.3 Å². The van der Waals surface area contributed by atoms with Crippen LogP contribution < -0.4 is 51.3 Å². The number of nitrogens with zero attached hydrogens (tertiary/aromatic N) is 4. The average Bonchev–Trinajstić information content (AvgIpc) is 3.29. The summed E-state index contributed by atoms with van der Waals surface area (Å²) in [5, 5.41) is 8.72. The van der Waals surface area contributed by atoms with E-state index in [1.807, 2.05) is 111 Å². The largest absolute Gasteiger partial charge is 1.00 e. The van der Waals surface area contributed by atoms with Crippen LogP contribution in [0.4, 0.5) is 11.4 Å². The van der Waals surface area contributed by atoms with Crippen molar-refractivity contribution >= 4 is 81.0 Å². The fraction of sp³-hybridized carbons (Fsp3) is 0.125. The molecule has 2 amide bonds. The Balaban J connectivity index is 0.000000222. The second kappa shape index (κ2) is 21.6. The van der Waals surface area contributed by atoms with Gasteiger partial charge in [0.25, 0.3) is 22.9 Å². The number of hydrogen-bond acceptors (Lipinski definition) is 8. The predicted molar refractivity (Wildman–Crippen MR) is 253 cm³/mol. The van der Waals surface area contributed by atoms with E-state index in [-0.39, 0.29) is 52.5 Å². The number of nitrogens with one attached hydrogen (secondary N) is 2. The van der Waals surface area contributed by atoms with Gasteiger partial charge in [-0.2, -0.15) is 6.26 Å². The van der Waals surface area contributed by atoms with E-state index in [4.69, 9.17) is 11.6 Å². The van der Waals surface area contributed by atoms with Gasteiger partial charge in [-0.3, -0.25) is 19.2 Å². The molecule has 0 bridgehead atoms. The zero-order chi connectivity index (χ0) is 43.8. The zero-order valence-corrected chi connectivity index (χ0v) is 39.7. The van der Waals surface area contributed by atoms with Gasteiger partial charge in [-0.25, -0.2) is 9.97 Å². The van der Waals surface area contributed by atoms with Crippen molar-refractivity contribution in [1.82, 2.24) is 19.1 Å². The summed E-state index contributed by atoms with van der Waals surface area (Å²) >= 11 is 11.6. The molecule has 0 unspecified atom stereocenters. The molecule has 8 rings (SSSR count). The van der Waals surface area contributed by atoms with Crippen molar-refractivity contribution in [2.24, 2.45) is 14.1 Å². The Hall–Kier alpha value is -5.47. The molecular weight excluding hydrogens is 847 g/mol. The van der Waals surface area contributed by atoms with E-state index in [1.54, 1.807) is 84.0 Å². The van der Waals surface area contributed by atoms with Crippen molar-refractivity contribution in [2.75, 3.05) is 23.1 Å². The van der Waals surface area contributed by atoms with Gasteiger partial charge >= 0.3 is 29.6 Å². The zero-order valence-electron chi connectivity index (χ0n) is 35.3. The van der Waals surface area contributed by atoms with Crippen LogP contribution in [0.2, 0.25) is 5.15 Å². The molecular formula is C48H42ClN6NaO4S2. The number of amides is 2. The summed E-state index contributed by atoms with van der Waals surface area (Å²) in [6.45, 7) is 3.89. The molecule has 4 heterocycles. The van der Waals surface area contributed by atoms with E-state index in [1.165, 1.54) is 0 Å². The van der Waals surface area contributed by atoms with Gasteiger partial charge in [0.2, 0.25) is 0 Å². The van der Waals surface area contributed by atoms with Crippen LogP contribution in [0.15, 0.2) is 148 Å². The predicted octanol–water partition coefficient (Wildman–Crippen LogP) is 6.86. The summed E-state index contributed by atoms with van der Waals surface area (Å²) in [7, 11) is 3.48. The minimum absolute atomic E-state index is 0. The number of anilines is 2. The number of carbonyl (C=O) groups excluding carboxylic acids is 2. The minimum atomic E-state index is -0.203. The molecule has 8 aromatic rings. The fourth-order valence-corrected chi connectivity index (χ4v) is 7.29. The Morgan fingerprint density at radius 2 is 1.02 bits per heavy atom. The molecule has 0 saturated heterocycles. The monoisotopic (exact) mass is 888 g/mol. The number of fused-ring (bicyclic) bond motifs is 2. The first-order valence-corrected chi connectivity index (χ1v) is 21.4. The summed E-state index contributed by atoms with van der Waals surface area (Å²) < 4.78 is 3.22. The third kappa shape index (κ3) is 10.8. The summed E-state index contributed by atoms with van der Waals surface area (Å²) in [5.41, 5.74) is 8.29. The molecule has 14 heteroatoms. The third-order valence-corrected chi connectivity index (χ3v) is 10.9. The number of aromatic nitrogens is 4. The topological polar surface area (TPSA) is 128 Å². The SMILES string of the molecule is CSc1cc2c(cn1)cc(-c1cc(NC(=O)c3ccccc3)ccc1C)c(=O)n2C.C[S-].Cc1ccc(NC(=O)c2ccccc2)cc1-c1cc2cnc(Cl)cc2n(C)c1=O.[Na+]. The fourth-order valence-electron chi connectivity index (χ4n) is 6.75. The molecule has 308 valence electrons. The van der Waals surface area contributed by atoms with Crippen molar-refractivity contribution in [3.05, 3.63) is 182 Å². The normalized spacial score (nSPS) is 10.5. The number of hydrogen-bond donors (Lipinski definition) is 2. The Kier molecular flexibility index (Phi) is 16.5. The first kappa shape index (κ1) is 47.6. The van der Waals surface area contributed by atoms with E-state index in [9.17, 15) is 19.2 Å². The number of thioether (sulfide) groups is 1. The molecule has 0 spiro atoms. The quantitative estimate of drug-likeness (QED) is 0.0770. The van der Waals surface area contributed by atoms with Gasteiger partial charge < -0.3 is 32.4 Å². The van der Waals surface area contributed by atoms with Crippen LogP contribution in [0.5, 0.6) is 0 Å². The molecule has 2 N–H and O–H groups in total. The number of halogens is 1. The second-order valence-electron chi connectivity index (χ2n) is 13.9. The van der Waals surface area contributed by atoms with Gasteiger partial charge in [0, 0.05) is 70.9 Å². The number of aryl methyl sites for hydroxylation is 4. The van der Waals surface area contributed by atoms with Crippen LogP contribution >= 0.6 is 23.4 Å². The van der Waals surface area contributed by atoms with Gasteiger partial charge in [-0.15, -0.1) is 11.8 Å². The van der Waals surface area contributed by atoms with E-state index in [0.29, 0.717) is 44.3 Å². The van der Waals surface area contributed by atoms with Gasteiger partial charge in [0.1, 0.15) is 5.15 Å². The number of rotatable bonds is 7. The molecule has 62 heavy (non-hydrogen) atoms. The smallest absolute Gasteiger partial charge is 0.796 e. The minimum Gasteiger partial charge on any atom is -0.796 e. The third-order valence-electron chi connectivity index (χ3n) is 10.0. The Labute approximate surface area is 396 Å². The standard InChI is InChI=1S/C24H21N3O2S.C23H18ClN3O2.CH4S.Na/c1-15-9-10-18(26-23(28)16-7-5-4-6-8-16)12-19(15)20-11-17-14-25-22(30-3)13-21(17)27(2)24(20)29;1-14-8-9-17(26-22(28)15-6-4-3-5-7-15)11-18(14)19-10-16-13-25-21(24)12-20(16)27(2)23(19)29;1-2;/h4-14H,1-3H3,(H,26,28);3-13H,1-2H3,(H,26,28);2H,1H3;/q;;;+1/p-1. The van der Waals surface area contributed by atoms with Crippen LogP contribution in [0.25, 0.3) is 44.1 Å². The van der Waals surface area contributed by atoms with Crippen molar-refractivity contribution in [2.45, 2.75) is 18.9 Å². The molecule has 0 aliphatic carbocycles. The van der Waals surface area contributed by atoms with Gasteiger partial charge in [0.15, 0.2) is 0 Å². The molecule has 0 aliphatic heterocycles. The van der Waals surface area contributed by atoms with Crippen LogP contribution in [0.1, 0.15) is 31.8 Å². The first-order chi connectivity index (χ1) is 29.4. The maximum absolute atomic E-state index is 13.1. The molecule has 0 saturated carbocycles. The van der Waals surface area contributed by atoms with Gasteiger partial charge in [0.05, 0.1) is 16.1 Å². The van der Waals surface area contributed by atoms with Crippen LogP contribution in [-0.2, 0) is 26.7 Å². The average molecular weight is 889 g/mol. The van der Waals surface area contributed by atoms with E-state index >= 15 is 0 Å². The molecule has 4 aromatic heterocycles. The molecule has 10 nitrogen and oxygen atoms in total. The number of pyridine rings is 4. The molecule has 0 aliphatic rings. The molecule has 4 aromatic carbocycles. The molecule has 0 radical (unpaired) electrons. The van der Waals surface area contributed by atoms with Crippen LogP contribution in [0, 0.1) is 13.8 Å². The number of carbonyl (C=O) groups is 2. The van der Waals surface area contributed by atoms with E-state index in [2.05, 4.69) is 33.2 Å². The summed E-state index contributed by atoms with van der Waals surface area (Å²) in [6, 6.07) is 36.5. The van der Waals surface area contributed by atoms with Crippen LogP contribution in [-0.4, -0.2) is 43.4 Å². The summed E-state index contributed by atoms with van der Waals surface area (Å²) in [4.78, 5) is 59.7. The molecule has 0 fully saturated rings. The second-order valence-corrected chi connectivity index (χ2v) is 15.1. The van der Waals surface area contributed by atoms with Crippen molar-refractivity contribution < 1.29 is 39.1 Å². The van der Waals surface area contributed by atoms with Crippen molar-refractivity contribution in [1.29, 1.82) is 0 Å².